The molecule has 8 nitrogen and oxygen atoms in total. The number of rotatable bonds is 5. The van der Waals surface area contributed by atoms with Gasteiger partial charge in [0.05, 0.1) is 9.79 Å². The summed E-state index contributed by atoms with van der Waals surface area (Å²) in [6.07, 6.45) is -1.13. The highest BCUT2D eigenvalue weighted by molar-refractivity contribution is 8.04. The summed E-state index contributed by atoms with van der Waals surface area (Å²) >= 11 is 0. The molecule has 30 heavy (non-hydrogen) atoms. The monoisotopic (exact) mass is 454 g/mol. The highest BCUT2D eigenvalue weighted by Gasteiger charge is 2.43. The van der Waals surface area contributed by atoms with E-state index in [2.05, 4.69) is 0 Å². The van der Waals surface area contributed by atoms with Crippen LogP contribution in [0.25, 0.3) is 0 Å². The number of hydrogen-bond donors (Lipinski definition) is 0. The van der Waals surface area contributed by atoms with E-state index in [4.69, 9.17) is 4.74 Å². The van der Waals surface area contributed by atoms with E-state index >= 15 is 0 Å². The van der Waals surface area contributed by atoms with Crippen LogP contribution in [0.4, 0.5) is 4.79 Å². The number of sulfonamides is 2. The van der Waals surface area contributed by atoms with E-state index in [1.165, 1.54) is 48.5 Å². The predicted molar refractivity (Wildman–Crippen MR) is 113 cm³/mol. The third-order valence-electron chi connectivity index (χ3n) is 3.95. The molecule has 0 aliphatic carbocycles. The summed E-state index contributed by atoms with van der Waals surface area (Å²) in [5, 5.41) is 0.454. The van der Waals surface area contributed by atoms with Gasteiger partial charge in [0.15, 0.2) is 0 Å². The van der Waals surface area contributed by atoms with Gasteiger partial charge in [-0.1, -0.05) is 35.4 Å². The molecule has 0 atom stereocenters. The summed E-state index contributed by atoms with van der Waals surface area (Å²) in [4.78, 5) is 12.0. The third-order valence-corrected chi connectivity index (χ3v) is 8.18. The Kier molecular flexibility index (Phi) is 6.65. The molecule has 0 N–H and O–H groups in total. The number of carbonyl (C=O) groups is 1. The van der Waals surface area contributed by atoms with Gasteiger partial charge >= 0.3 is 6.09 Å². The number of benzene rings is 2. The van der Waals surface area contributed by atoms with Gasteiger partial charge in [0.1, 0.15) is 5.60 Å². The normalized spacial score (nSPS) is 12.6. The van der Waals surface area contributed by atoms with Crippen molar-refractivity contribution in [3.8, 4) is 0 Å². The fourth-order valence-electron chi connectivity index (χ4n) is 2.45. The largest absolute Gasteiger partial charge is 0.443 e. The van der Waals surface area contributed by atoms with Crippen molar-refractivity contribution in [3.63, 3.8) is 0 Å². The molecular weight excluding hydrogens is 428 g/mol. The lowest BCUT2D eigenvalue weighted by Crippen LogP contribution is -2.51. The van der Waals surface area contributed by atoms with Crippen LogP contribution in [0.5, 0.6) is 0 Å². The van der Waals surface area contributed by atoms with E-state index in [0.29, 0.717) is 5.01 Å². The zero-order valence-electron chi connectivity index (χ0n) is 17.8. The van der Waals surface area contributed by atoms with Crippen LogP contribution in [-0.4, -0.2) is 44.4 Å². The van der Waals surface area contributed by atoms with Crippen molar-refractivity contribution in [2.45, 2.75) is 50.0 Å². The average molecular weight is 455 g/mol. The predicted octanol–water partition coefficient (Wildman–Crippen LogP) is 3.46. The number of amides is 1. The van der Waals surface area contributed by atoms with Gasteiger partial charge in [0.2, 0.25) is 0 Å². The third kappa shape index (κ3) is 5.18. The Morgan fingerprint density at radius 2 is 1.10 bits per heavy atom. The first-order valence-corrected chi connectivity index (χ1v) is 11.9. The van der Waals surface area contributed by atoms with Crippen LogP contribution in [0.3, 0.4) is 0 Å². The lowest BCUT2D eigenvalue weighted by Gasteiger charge is -2.31. The van der Waals surface area contributed by atoms with Gasteiger partial charge in [-0.25, -0.2) is 26.6 Å². The number of ether oxygens (including phenoxy) is 1. The van der Waals surface area contributed by atoms with Gasteiger partial charge in [-0.05, 0) is 58.9 Å². The molecule has 0 saturated heterocycles. The minimum Gasteiger partial charge on any atom is -0.443 e. The molecular formula is C20H26N2O6S2. The molecule has 164 valence electrons. The maximum absolute atomic E-state index is 13.3. The lowest BCUT2D eigenvalue weighted by molar-refractivity contribution is 0.0114. The number of aryl methyl sites for hydroxylation is 2. The number of nitrogens with zero attached hydrogens (tertiary/aromatic N) is 2. The molecule has 2 aromatic rings. The molecule has 2 aromatic carbocycles. The highest BCUT2D eigenvalue weighted by Crippen LogP contribution is 2.27. The van der Waals surface area contributed by atoms with Gasteiger partial charge in [-0.3, -0.25) is 0 Å². The molecule has 10 heteroatoms. The Morgan fingerprint density at radius 3 is 1.40 bits per heavy atom. The minimum atomic E-state index is -4.66. The molecule has 1 amide bonds. The minimum absolute atomic E-state index is 0.0728. The Hall–Kier alpha value is -2.43. The Balaban J connectivity index is 2.67. The topological polar surface area (TPSA) is 101 Å². The zero-order valence-corrected chi connectivity index (χ0v) is 19.4. The van der Waals surface area contributed by atoms with Gasteiger partial charge in [0, 0.05) is 10.9 Å². The van der Waals surface area contributed by atoms with Crippen molar-refractivity contribution in [1.82, 2.24) is 8.83 Å². The summed E-state index contributed by atoms with van der Waals surface area (Å²) in [7, 11) is -8.29. The summed E-state index contributed by atoms with van der Waals surface area (Å²) in [6, 6.07) is 11.3. The van der Waals surface area contributed by atoms with E-state index in [1.807, 2.05) is 0 Å². The lowest BCUT2D eigenvalue weighted by atomic mass is 10.2. The summed E-state index contributed by atoms with van der Waals surface area (Å²) in [5.41, 5.74) is 0.628. The van der Waals surface area contributed by atoms with E-state index in [-0.39, 0.29) is 13.6 Å². The number of hydrogen-bond acceptors (Lipinski definition) is 6. The molecule has 2 rings (SSSR count). The van der Waals surface area contributed by atoms with E-state index in [9.17, 15) is 21.6 Å². The summed E-state index contributed by atoms with van der Waals surface area (Å²) in [6.45, 7) is 8.30. The second-order valence-corrected chi connectivity index (χ2v) is 11.6. The average Bonchev–Trinajstić information content (AvgIpc) is 2.60. The SMILES string of the molecule is Cc1ccc(S(=O)(=O)N(N(C)C(=O)OC(C)(C)C)S(=O)(=O)c2ccc(C)cc2)cc1. The fourth-order valence-corrected chi connectivity index (χ4v) is 6.10. The molecule has 0 unspecified atom stereocenters. The molecule has 0 fully saturated rings. The molecule has 0 saturated carbocycles. The second kappa shape index (κ2) is 8.37. The Morgan fingerprint density at radius 1 is 0.767 bits per heavy atom. The molecule has 0 heterocycles. The van der Waals surface area contributed by atoms with Gasteiger partial charge in [0.25, 0.3) is 20.0 Å². The van der Waals surface area contributed by atoms with Crippen molar-refractivity contribution in [1.29, 1.82) is 0 Å². The Bertz CT molecular complexity index is 1040. The Labute approximate surface area is 178 Å². The standard InChI is InChI=1S/C20H26N2O6S2/c1-15-7-11-17(12-8-15)29(24,25)22(21(6)19(23)28-20(3,4)5)30(26,27)18-13-9-16(2)10-14-18/h7-14H,1-6H3. The zero-order chi connectivity index (χ0) is 22.9. The second-order valence-electron chi connectivity index (χ2n) is 7.82. The van der Waals surface area contributed by atoms with Crippen LogP contribution in [0.2, 0.25) is 0 Å². The first-order valence-electron chi connectivity index (χ1n) is 9.07. The van der Waals surface area contributed by atoms with Gasteiger partial charge in [-0.15, -0.1) is 0 Å². The smallest absolute Gasteiger partial charge is 0.426 e. The van der Waals surface area contributed by atoms with E-state index in [1.54, 1.807) is 34.6 Å². The van der Waals surface area contributed by atoms with Gasteiger partial charge in [-0.2, -0.15) is 0 Å². The number of hydrazine groups is 1. The van der Waals surface area contributed by atoms with Crippen LogP contribution in [-0.2, 0) is 24.8 Å². The van der Waals surface area contributed by atoms with E-state index < -0.39 is 31.7 Å². The van der Waals surface area contributed by atoms with Crippen molar-refractivity contribution >= 4 is 26.1 Å². The highest BCUT2D eigenvalue weighted by atomic mass is 32.3. The van der Waals surface area contributed by atoms with Gasteiger partial charge < -0.3 is 4.74 Å². The fraction of sp³-hybridized carbons (Fsp3) is 0.350. The van der Waals surface area contributed by atoms with Crippen LogP contribution < -0.4 is 0 Å². The molecule has 0 aliphatic rings. The maximum Gasteiger partial charge on any atom is 0.426 e. The quantitative estimate of drug-likeness (QED) is 0.641. The van der Waals surface area contributed by atoms with Crippen molar-refractivity contribution < 1.29 is 26.4 Å². The molecule has 0 radical (unpaired) electrons. The van der Waals surface area contributed by atoms with Crippen molar-refractivity contribution in [2.24, 2.45) is 0 Å². The molecule has 0 aliphatic heterocycles. The number of carbonyl (C=O) groups excluding carboxylic acids is 1. The van der Waals surface area contributed by atoms with Crippen LogP contribution >= 0.6 is 0 Å². The molecule has 0 spiro atoms. The first kappa shape index (κ1) is 23.8. The van der Waals surface area contributed by atoms with Crippen molar-refractivity contribution in [2.75, 3.05) is 7.05 Å². The summed E-state index contributed by atoms with van der Waals surface area (Å²) in [5.74, 6) is 0. The maximum atomic E-state index is 13.3. The van der Waals surface area contributed by atoms with Crippen LogP contribution in [0.1, 0.15) is 31.9 Å². The van der Waals surface area contributed by atoms with Crippen LogP contribution in [0.15, 0.2) is 58.3 Å². The first-order chi connectivity index (χ1) is 13.7. The molecule has 0 bridgehead atoms. The van der Waals surface area contributed by atoms with E-state index in [0.717, 1.165) is 18.2 Å². The summed E-state index contributed by atoms with van der Waals surface area (Å²) < 4.78 is 58.6. The van der Waals surface area contributed by atoms with Crippen molar-refractivity contribution in [3.05, 3.63) is 59.7 Å². The molecule has 0 aromatic heterocycles. The van der Waals surface area contributed by atoms with Crippen LogP contribution in [0, 0.1) is 13.8 Å².